The molecule has 202 valence electrons. The summed E-state index contributed by atoms with van der Waals surface area (Å²) in [5, 5.41) is 3.42. The Kier molecular flexibility index (Phi) is 14.1. The quantitative estimate of drug-likeness (QED) is 0.289. The maximum Gasteiger partial charge on any atom is 0.325 e. The van der Waals surface area contributed by atoms with Gasteiger partial charge in [0.15, 0.2) is 5.75 Å². The highest BCUT2D eigenvalue weighted by Gasteiger charge is 2.34. The zero-order valence-corrected chi connectivity index (χ0v) is 24.1. The molecule has 3 aromatic rings. The van der Waals surface area contributed by atoms with Crippen LogP contribution >= 0.6 is 15.9 Å². The van der Waals surface area contributed by atoms with Crippen molar-refractivity contribution in [3.8, 4) is 5.75 Å². The number of benzene rings is 2. The van der Waals surface area contributed by atoms with Crippen LogP contribution in [0.15, 0.2) is 57.4 Å². The van der Waals surface area contributed by atoms with Crippen LogP contribution < -0.4 is 10.1 Å². The molecule has 0 saturated heterocycles. The minimum Gasteiger partial charge on any atom is -0.487 e. The lowest BCUT2D eigenvalue weighted by Crippen LogP contribution is -2.43. The standard InChI is InChI=1S/C15H14BrNO5.C9H11NO.2C2H6/c1-8-7-21-13-10-4-3-9(16)5-11(10)22-14(13)15(19)17(8)6-12(18)20-2;1-8(10-7-11)9-5-3-2-4-6-9;2*1-2/h3-5,8H,6-7H2,1-2H3;2-8H,1H3,(H,10,11);2*1-2H3. The van der Waals surface area contributed by atoms with Crippen molar-refractivity contribution in [3.63, 3.8) is 0 Å². The maximum absolute atomic E-state index is 12.7. The van der Waals surface area contributed by atoms with Gasteiger partial charge in [0.1, 0.15) is 18.7 Å². The molecule has 1 aliphatic rings. The van der Waals surface area contributed by atoms with Crippen LogP contribution in [0.1, 0.15) is 63.7 Å². The summed E-state index contributed by atoms with van der Waals surface area (Å²) in [6, 6.07) is 15.1. The highest BCUT2D eigenvalue weighted by molar-refractivity contribution is 9.10. The lowest BCUT2D eigenvalue weighted by molar-refractivity contribution is -0.141. The lowest BCUT2D eigenvalue weighted by atomic mass is 10.1. The van der Waals surface area contributed by atoms with E-state index < -0.39 is 5.97 Å². The molecule has 8 nitrogen and oxygen atoms in total. The van der Waals surface area contributed by atoms with Gasteiger partial charge in [0.25, 0.3) is 5.91 Å². The molecule has 0 aliphatic carbocycles. The third kappa shape index (κ3) is 8.63. The number of carbonyl (C=O) groups is 3. The predicted molar refractivity (Wildman–Crippen MR) is 149 cm³/mol. The van der Waals surface area contributed by atoms with E-state index in [0.29, 0.717) is 11.3 Å². The fourth-order valence-corrected chi connectivity index (χ4v) is 3.67. The van der Waals surface area contributed by atoms with Crippen molar-refractivity contribution >= 4 is 45.2 Å². The fourth-order valence-electron chi connectivity index (χ4n) is 3.33. The first-order valence-corrected chi connectivity index (χ1v) is 13.1. The number of amides is 2. The number of fused-ring (bicyclic) bond motifs is 3. The minimum absolute atomic E-state index is 0.105. The van der Waals surface area contributed by atoms with Crippen molar-refractivity contribution in [1.82, 2.24) is 10.2 Å². The largest absolute Gasteiger partial charge is 0.487 e. The van der Waals surface area contributed by atoms with Crippen LogP contribution in [0.5, 0.6) is 5.75 Å². The monoisotopic (exact) mass is 576 g/mol. The lowest BCUT2D eigenvalue weighted by Gasteiger charge is -2.24. The van der Waals surface area contributed by atoms with Gasteiger partial charge < -0.3 is 24.1 Å². The Bertz CT molecular complexity index is 1130. The number of halogens is 1. The molecule has 2 amide bonds. The SMILES string of the molecule is CC.CC.CC(NC=O)c1ccccc1.COC(=O)CN1C(=O)c2oc3cc(Br)ccc3c2OCC1C. The summed E-state index contributed by atoms with van der Waals surface area (Å²) in [5.74, 6) is -0.326. The van der Waals surface area contributed by atoms with E-state index in [1.54, 1.807) is 6.07 Å². The predicted octanol–water partition coefficient (Wildman–Crippen LogP) is 6.14. The van der Waals surface area contributed by atoms with Crippen molar-refractivity contribution in [3.05, 3.63) is 64.3 Å². The molecule has 2 aromatic carbocycles. The van der Waals surface area contributed by atoms with Crippen molar-refractivity contribution in [2.75, 3.05) is 20.3 Å². The molecule has 0 fully saturated rings. The summed E-state index contributed by atoms with van der Waals surface area (Å²) in [7, 11) is 1.29. The molecule has 1 aromatic heterocycles. The molecule has 0 saturated carbocycles. The van der Waals surface area contributed by atoms with Crippen molar-refractivity contribution < 1.29 is 28.3 Å². The number of hydrogen-bond donors (Lipinski definition) is 1. The second-order valence-electron chi connectivity index (χ2n) is 7.49. The van der Waals surface area contributed by atoms with Crippen LogP contribution in [-0.2, 0) is 14.3 Å². The number of nitrogens with one attached hydrogen (secondary N) is 1. The maximum atomic E-state index is 12.7. The van der Waals surface area contributed by atoms with E-state index >= 15 is 0 Å². The number of methoxy groups -OCH3 is 1. The Hall–Kier alpha value is -3.33. The summed E-state index contributed by atoms with van der Waals surface area (Å²) < 4.78 is 16.9. The van der Waals surface area contributed by atoms with Crippen molar-refractivity contribution in [1.29, 1.82) is 0 Å². The Labute approximate surface area is 227 Å². The van der Waals surface area contributed by atoms with E-state index in [0.717, 1.165) is 21.8 Å². The van der Waals surface area contributed by atoms with Gasteiger partial charge in [0.2, 0.25) is 12.2 Å². The second-order valence-corrected chi connectivity index (χ2v) is 8.40. The van der Waals surface area contributed by atoms with Gasteiger partial charge in [-0.05, 0) is 37.6 Å². The van der Waals surface area contributed by atoms with Gasteiger partial charge in [0, 0.05) is 4.47 Å². The number of rotatable bonds is 5. The molecule has 1 aliphatic heterocycles. The van der Waals surface area contributed by atoms with E-state index in [1.807, 2.05) is 84.0 Å². The van der Waals surface area contributed by atoms with Crippen LogP contribution in [0.4, 0.5) is 0 Å². The smallest absolute Gasteiger partial charge is 0.325 e. The van der Waals surface area contributed by atoms with Crippen LogP contribution in [0.2, 0.25) is 0 Å². The molecule has 2 unspecified atom stereocenters. The van der Waals surface area contributed by atoms with E-state index in [2.05, 4.69) is 26.0 Å². The van der Waals surface area contributed by atoms with Gasteiger partial charge in [-0.1, -0.05) is 74.0 Å². The molecule has 0 bridgehead atoms. The van der Waals surface area contributed by atoms with Gasteiger partial charge in [-0.3, -0.25) is 14.4 Å². The second kappa shape index (κ2) is 16.4. The normalized spacial score (nSPS) is 14.5. The summed E-state index contributed by atoms with van der Waals surface area (Å²) in [6.07, 6.45) is 0.720. The molecule has 0 spiro atoms. The first kappa shape index (κ1) is 31.7. The number of esters is 1. The van der Waals surface area contributed by atoms with Gasteiger partial charge >= 0.3 is 5.97 Å². The Morgan fingerprint density at radius 3 is 2.43 bits per heavy atom. The van der Waals surface area contributed by atoms with E-state index in [-0.39, 0.29) is 36.9 Å². The number of furan rings is 1. The Balaban J connectivity index is 0.000000385. The number of ether oxygens (including phenoxy) is 2. The summed E-state index contributed by atoms with van der Waals surface area (Å²) in [5.41, 5.74) is 1.68. The Morgan fingerprint density at radius 2 is 1.84 bits per heavy atom. The number of nitrogens with zero attached hydrogens (tertiary/aromatic N) is 1. The van der Waals surface area contributed by atoms with Gasteiger partial charge in [-0.25, -0.2) is 0 Å². The molecular formula is C28H37BrN2O6. The zero-order valence-electron chi connectivity index (χ0n) is 22.5. The van der Waals surface area contributed by atoms with Gasteiger partial charge in [-0.15, -0.1) is 0 Å². The molecule has 2 heterocycles. The molecule has 1 N–H and O–H groups in total. The first-order chi connectivity index (χ1) is 17.8. The zero-order chi connectivity index (χ0) is 28.0. The van der Waals surface area contributed by atoms with Crippen molar-refractivity contribution in [2.45, 2.75) is 53.6 Å². The van der Waals surface area contributed by atoms with E-state index in [1.165, 1.54) is 12.0 Å². The minimum atomic E-state index is -0.484. The summed E-state index contributed by atoms with van der Waals surface area (Å²) in [6.45, 7) is 11.9. The molecule has 9 heteroatoms. The van der Waals surface area contributed by atoms with E-state index in [9.17, 15) is 14.4 Å². The summed E-state index contributed by atoms with van der Waals surface area (Å²) >= 11 is 3.36. The van der Waals surface area contributed by atoms with E-state index in [4.69, 9.17) is 9.15 Å². The third-order valence-corrected chi connectivity index (χ3v) is 5.70. The van der Waals surface area contributed by atoms with Crippen LogP contribution in [-0.4, -0.2) is 49.5 Å². The third-order valence-electron chi connectivity index (χ3n) is 5.21. The first-order valence-electron chi connectivity index (χ1n) is 12.3. The highest BCUT2D eigenvalue weighted by atomic mass is 79.9. The molecule has 2 atom stereocenters. The van der Waals surface area contributed by atoms with Crippen LogP contribution in [0.25, 0.3) is 11.0 Å². The highest BCUT2D eigenvalue weighted by Crippen LogP contribution is 2.37. The van der Waals surface area contributed by atoms with Crippen molar-refractivity contribution in [2.24, 2.45) is 0 Å². The molecular weight excluding hydrogens is 540 g/mol. The average molecular weight is 578 g/mol. The average Bonchev–Trinajstić information content (AvgIpc) is 3.25. The summed E-state index contributed by atoms with van der Waals surface area (Å²) in [4.78, 5) is 35.7. The molecule has 37 heavy (non-hydrogen) atoms. The number of carbonyl (C=O) groups excluding carboxylic acids is 3. The van der Waals surface area contributed by atoms with Gasteiger partial charge in [-0.2, -0.15) is 0 Å². The molecule has 0 radical (unpaired) electrons. The topological polar surface area (TPSA) is 98.1 Å². The fraction of sp³-hybridized carbons (Fsp3) is 0.393. The number of hydrogen-bond acceptors (Lipinski definition) is 6. The van der Waals surface area contributed by atoms with Crippen LogP contribution in [0, 0.1) is 0 Å². The molecule has 4 rings (SSSR count). The van der Waals surface area contributed by atoms with Gasteiger partial charge in [0.05, 0.1) is 24.6 Å². The van der Waals surface area contributed by atoms with Crippen LogP contribution in [0.3, 0.4) is 0 Å². The Morgan fingerprint density at radius 1 is 1.19 bits per heavy atom.